The van der Waals surface area contributed by atoms with E-state index >= 15 is 0 Å². The van der Waals surface area contributed by atoms with Crippen molar-refractivity contribution in [3.8, 4) is 0 Å². The largest absolute Gasteiger partial charge is 0.453 e. The number of carbonyl (C=O) groups is 2. The highest BCUT2D eigenvalue weighted by atomic mass is 16.6. The van der Waals surface area contributed by atoms with Crippen molar-refractivity contribution in [2.45, 2.75) is 45.8 Å². The first-order valence-corrected chi connectivity index (χ1v) is 6.53. The van der Waals surface area contributed by atoms with Crippen LogP contribution in [0.2, 0.25) is 0 Å². The molecule has 0 aromatic rings. The number of hydrogen-bond acceptors (Lipinski definition) is 4. The summed E-state index contributed by atoms with van der Waals surface area (Å²) in [6.45, 7) is 8.65. The van der Waals surface area contributed by atoms with Gasteiger partial charge in [0.15, 0.2) is 0 Å². The van der Waals surface area contributed by atoms with Crippen LogP contribution in [0.1, 0.15) is 34.1 Å². The Labute approximate surface area is 114 Å². The maximum Gasteiger partial charge on any atom is 0.410 e. The number of ether oxygens (including phenoxy) is 2. The van der Waals surface area contributed by atoms with Gasteiger partial charge in [0.1, 0.15) is 5.60 Å². The summed E-state index contributed by atoms with van der Waals surface area (Å²) >= 11 is 0. The number of piperidine rings is 1. The third kappa shape index (κ3) is 5.36. The van der Waals surface area contributed by atoms with Gasteiger partial charge in [-0.15, -0.1) is 0 Å². The summed E-state index contributed by atoms with van der Waals surface area (Å²) < 4.78 is 9.93. The predicted molar refractivity (Wildman–Crippen MR) is 70.9 cm³/mol. The molecular weight excluding hydrogens is 248 g/mol. The van der Waals surface area contributed by atoms with Crippen LogP contribution in [0.3, 0.4) is 0 Å². The molecule has 1 rings (SSSR count). The fourth-order valence-corrected chi connectivity index (χ4v) is 2.16. The minimum absolute atomic E-state index is 0.0938. The lowest BCUT2D eigenvalue weighted by Gasteiger charge is -2.37. The third-order valence-corrected chi connectivity index (χ3v) is 2.82. The molecule has 1 heterocycles. The van der Waals surface area contributed by atoms with Gasteiger partial charge in [0.05, 0.1) is 13.2 Å². The number of carbonyl (C=O) groups excluding carboxylic acids is 2. The molecule has 19 heavy (non-hydrogen) atoms. The Morgan fingerprint density at radius 3 is 2.42 bits per heavy atom. The van der Waals surface area contributed by atoms with Crippen LogP contribution < -0.4 is 5.32 Å². The van der Waals surface area contributed by atoms with E-state index in [9.17, 15) is 9.59 Å². The maximum absolute atomic E-state index is 12.0. The van der Waals surface area contributed by atoms with Crippen molar-refractivity contribution >= 4 is 12.2 Å². The van der Waals surface area contributed by atoms with Gasteiger partial charge in [0, 0.05) is 13.1 Å². The van der Waals surface area contributed by atoms with E-state index in [1.807, 2.05) is 27.7 Å². The van der Waals surface area contributed by atoms with E-state index < -0.39 is 11.7 Å². The molecule has 0 aromatic heterocycles. The fourth-order valence-electron chi connectivity index (χ4n) is 2.16. The summed E-state index contributed by atoms with van der Waals surface area (Å²) in [4.78, 5) is 24.9. The summed E-state index contributed by atoms with van der Waals surface area (Å²) in [5, 5.41) is 2.74. The maximum atomic E-state index is 12.0. The van der Waals surface area contributed by atoms with Crippen molar-refractivity contribution in [2.24, 2.45) is 5.92 Å². The Balaban J connectivity index is 2.59. The Hall–Kier alpha value is -1.46. The zero-order valence-electron chi connectivity index (χ0n) is 12.4. The second-order valence-electron chi connectivity index (χ2n) is 6.06. The van der Waals surface area contributed by atoms with E-state index in [2.05, 4.69) is 10.1 Å². The normalized spacial score (nSPS) is 23.7. The second kappa shape index (κ2) is 6.12. The van der Waals surface area contributed by atoms with Gasteiger partial charge in [0.2, 0.25) is 0 Å². The van der Waals surface area contributed by atoms with Gasteiger partial charge in [0.25, 0.3) is 0 Å². The average molecular weight is 272 g/mol. The van der Waals surface area contributed by atoms with Crippen molar-refractivity contribution in [2.75, 3.05) is 20.2 Å². The van der Waals surface area contributed by atoms with Gasteiger partial charge < -0.3 is 19.7 Å². The van der Waals surface area contributed by atoms with Crippen LogP contribution in [-0.4, -0.2) is 48.9 Å². The van der Waals surface area contributed by atoms with E-state index in [0.29, 0.717) is 19.0 Å². The topological polar surface area (TPSA) is 67.9 Å². The molecule has 1 saturated heterocycles. The molecule has 110 valence electrons. The number of nitrogens with one attached hydrogen (secondary N) is 1. The molecule has 0 spiro atoms. The molecule has 0 aliphatic carbocycles. The van der Waals surface area contributed by atoms with E-state index in [1.165, 1.54) is 7.11 Å². The van der Waals surface area contributed by atoms with E-state index in [1.54, 1.807) is 4.90 Å². The van der Waals surface area contributed by atoms with Gasteiger partial charge in [-0.2, -0.15) is 0 Å². The standard InChI is InChI=1S/C13H24N2O4/c1-9-6-10(14-11(16)18-5)8-15(7-9)12(17)19-13(2,3)4/h9-10H,6-8H2,1-5H3,(H,14,16). The molecule has 1 aliphatic rings. The summed E-state index contributed by atoms with van der Waals surface area (Å²) in [5.41, 5.74) is -0.511. The molecule has 0 radical (unpaired) electrons. The fraction of sp³-hybridized carbons (Fsp3) is 0.846. The van der Waals surface area contributed by atoms with Crippen LogP contribution in [0, 0.1) is 5.92 Å². The van der Waals surface area contributed by atoms with E-state index in [0.717, 1.165) is 6.42 Å². The predicted octanol–water partition coefficient (Wildman–Crippen LogP) is 1.99. The summed E-state index contributed by atoms with van der Waals surface area (Å²) in [7, 11) is 1.33. The highest BCUT2D eigenvalue weighted by Gasteiger charge is 2.31. The minimum atomic E-state index is -0.511. The van der Waals surface area contributed by atoms with Gasteiger partial charge in [-0.3, -0.25) is 0 Å². The number of nitrogens with zero attached hydrogens (tertiary/aromatic N) is 1. The van der Waals surface area contributed by atoms with Crippen molar-refractivity contribution in [3.05, 3.63) is 0 Å². The molecule has 6 nitrogen and oxygen atoms in total. The zero-order valence-corrected chi connectivity index (χ0v) is 12.4. The van der Waals surface area contributed by atoms with Crippen LogP contribution in [0.25, 0.3) is 0 Å². The number of alkyl carbamates (subject to hydrolysis) is 1. The molecule has 1 N–H and O–H groups in total. The first-order chi connectivity index (χ1) is 8.71. The molecule has 1 aliphatic heterocycles. The Bertz CT molecular complexity index is 338. The molecule has 0 saturated carbocycles. The highest BCUT2D eigenvalue weighted by Crippen LogP contribution is 2.19. The second-order valence-corrected chi connectivity index (χ2v) is 6.06. The Kier molecular flexibility index (Phi) is 5.03. The van der Waals surface area contributed by atoms with Gasteiger partial charge >= 0.3 is 12.2 Å². The van der Waals surface area contributed by atoms with Gasteiger partial charge in [-0.05, 0) is 33.1 Å². The molecular formula is C13H24N2O4. The number of methoxy groups -OCH3 is 1. The third-order valence-electron chi connectivity index (χ3n) is 2.82. The van der Waals surface area contributed by atoms with Crippen LogP contribution in [0.5, 0.6) is 0 Å². The molecule has 2 unspecified atom stereocenters. The summed E-state index contributed by atoms with van der Waals surface area (Å²) in [5.74, 6) is 0.309. The molecule has 1 fully saturated rings. The number of likely N-dealkylation sites (tertiary alicyclic amines) is 1. The van der Waals surface area contributed by atoms with Crippen molar-refractivity contribution in [3.63, 3.8) is 0 Å². The van der Waals surface area contributed by atoms with E-state index in [4.69, 9.17) is 4.74 Å². The lowest BCUT2D eigenvalue weighted by atomic mass is 9.96. The molecule has 0 aromatic carbocycles. The first kappa shape index (κ1) is 15.6. The van der Waals surface area contributed by atoms with Crippen LogP contribution in [0.15, 0.2) is 0 Å². The van der Waals surface area contributed by atoms with Crippen molar-refractivity contribution in [1.29, 1.82) is 0 Å². The van der Waals surface area contributed by atoms with Crippen LogP contribution in [-0.2, 0) is 9.47 Å². The smallest absolute Gasteiger partial charge is 0.410 e. The lowest BCUT2D eigenvalue weighted by molar-refractivity contribution is 0.0136. The van der Waals surface area contributed by atoms with Crippen molar-refractivity contribution in [1.82, 2.24) is 10.2 Å². The van der Waals surface area contributed by atoms with Crippen molar-refractivity contribution < 1.29 is 19.1 Å². The quantitative estimate of drug-likeness (QED) is 0.792. The average Bonchev–Trinajstić information content (AvgIpc) is 2.25. The number of amides is 2. The molecule has 2 amide bonds. The van der Waals surface area contributed by atoms with Crippen LogP contribution in [0.4, 0.5) is 9.59 Å². The van der Waals surface area contributed by atoms with Gasteiger partial charge in [-0.1, -0.05) is 6.92 Å². The van der Waals surface area contributed by atoms with Crippen LogP contribution >= 0.6 is 0 Å². The monoisotopic (exact) mass is 272 g/mol. The number of hydrogen-bond donors (Lipinski definition) is 1. The summed E-state index contributed by atoms with van der Waals surface area (Å²) in [6.07, 6.45) is 0.0213. The minimum Gasteiger partial charge on any atom is -0.453 e. The first-order valence-electron chi connectivity index (χ1n) is 6.53. The Morgan fingerprint density at radius 1 is 1.26 bits per heavy atom. The molecule has 2 atom stereocenters. The lowest BCUT2D eigenvalue weighted by Crippen LogP contribution is -2.53. The molecule has 0 bridgehead atoms. The Morgan fingerprint density at radius 2 is 1.89 bits per heavy atom. The van der Waals surface area contributed by atoms with Gasteiger partial charge in [-0.25, -0.2) is 9.59 Å². The SMILES string of the molecule is COC(=O)NC1CC(C)CN(C(=O)OC(C)(C)C)C1. The number of rotatable bonds is 1. The molecule has 6 heteroatoms. The van der Waals surface area contributed by atoms with E-state index in [-0.39, 0.29) is 12.1 Å². The summed E-state index contributed by atoms with van der Waals surface area (Å²) in [6, 6.07) is -0.0938. The zero-order chi connectivity index (χ0) is 14.6. The highest BCUT2D eigenvalue weighted by molar-refractivity contribution is 5.69.